The van der Waals surface area contributed by atoms with Crippen LogP contribution in [0.5, 0.6) is 0 Å². The Kier molecular flexibility index (Phi) is 4.43. The molecule has 1 rings (SSSR count). The van der Waals surface area contributed by atoms with Crippen molar-refractivity contribution in [1.29, 1.82) is 0 Å². The Balaban J connectivity index is 2.77. The van der Waals surface area contributed by atoms with Crippen molar-refractivity contribution < 1.29 is 9.90 Å². The van der Waals surface area contributed by atoms with Crippen molar-refractivity contribution in [2.75, 3.05) is 6.61 Å². The average molecular weight is 222 g/mol. The molecule has 0 saturated carbocycles. The first-order valence-corrected chi connectivity index (χ1v) is 5.51. The van der Waals surface area contributed by atoms with Crippen LogP contribution in [-0.2, 0) is 0 Å². The number of aliphatic hydroxyl groups excluding tert-OH is 1. The van der Waals surface area contributed by atoms with E-state index in [4.69, 9.17) is 0 Å². The maximum absolute atomic E-state index is 11.9. The highest BCUT2D eigenvalue weighted by Gasteiger charge is 2.27. The van der Waals surface area contributed by atoms with Gasteiger partial charge in [-0.2, -0.15) is 0 Å². The van der Waals surface area contributed by atoms with E-state index in [9.17, 15) is 9.90 Å². The molecule has 0 saturated heterocycles. The Morgan fingerprint density at radius 2 is 1.94 bits per heavy atom. The van der Waals surface area contributed by atoms with Gasteiger partial charge in [0.05, 0.1) is 12.1 Å². The molecule has 1 amide bonds. The third-order valence-corrected chi connectivity index (χ3v) is 2.98. The Morgan fingerprint density at radius 3 is 2.38 bits per heavy atom. The lowest BCUT2D eigenvalue weighted by molar-refractivity contribution is 0.0817. The summed E-state index contributed by atoms with van der Waals surface area (Å²) in [6.07, 6.45) is 4.56. The standard InChI is InChI=1S/C12H18N2O2/c1-3-12(4-2,9-15)14-11(16)10-5-7-13-8-6-10/h5-8,15H,3-4,9H2,1-2H3,(H,14,16). The molecule has 4 nitrogen and oxygen atoms in total. The molecule has 88 valence electrons. The lowest BCUT2D eigenvalue weighted by atomic mass is 9.93. The molecule has 4 heteroatoms. The van der Waals surface area contributed by atoms with E-state index in [0.717, 1.165) is 0 Å². The quantitative estimate of drug-likeness (QED) is 0.790. The number of pyridine rings is 1. The van der Waals surface area contributed by atoms with Crippen molar-refractivity contribution in [2.24, 2.45) is 0 Å². The van der Waals surface area contributed by atoms with E-state index >= 15 is 0 Å². The molecule has 2 N–H and O–H groups in total. The lowest BCUT2D eigenvalue weighted by Crippen LogP contribution is -2.50. The number of aliphatic hydroxyl groups is 1. The summed E-state index contributed by atoms with van der Waals surface area (Å²) in [6, 6.07) is 3.31. The summed E-state index contributed by atoms with van der Waals surface area (Å²) >= 11 is 0. The molecule has 0 aliphatic rings. The van der Waals surface area contributed by atoms with Crippen LogP contribution < -0.4 is 5.32 Å². The smallest absolute Gasteiger partial charge is 0.251 e. The van der Waals surface area contributed by atoms with Gasteiger partial charge in [-0.05, 0) is 25.0 Å². The fourth-order valence-corrected chi connectivity index (χ4v) is 1.51. The summed E-state index contributed by atoms with van der Waals surface area (Å²) in [5, 5.41) is 12.2. The van der Waals surface area contributed by atoms with Gasteiger partial charge >= 0.3 is 0 Å². The van der Waals surface area contributed by atoms with Crippen molar-refractivity contribution in [3.05, 3.63) is 30.1 Å². The Hall–Kier alpha value is -1.42. The normalized spacial score (nSPS) is 11.2. The van der Waals surface area contributed by atoms with Crippen LogP contribution in [0, 0.1) is 0 Å². The van der Waals surface area contributed by atoms with Gasteiger partial charge in [0, 0.05) is 18.0 Å². The molecule has 0 radical (unpaired) electrons. The minimum absolute atomic E-state index is 0.0448. The van der Waals surface area contributed by atoms with Crippen molar-refractivity contribution in [2.45, 2.75) is 32.2 Å². The zero-order chi connectivity index (χ0) is 12.0. The second-order valence-electron chi connectivity index (χ2n) is 3.84. The van der Waals surface area contributed by atoms with Crippen molar-refractivity contribution in [1.82, 2.24) is 10.3 Å². The number of carbonyl (C=O) groups excluding carboxylic acids is 1. The first-order valence-electron chi connectivity index (χ1n) is 5.51. The zero-order valence-corrected chi connectivity index (χ0v) is 9.73. The number of hydrogen-bond acceptors (Lipinski definition) is 3. The summed E-state index contributed by atoms with van der Waals surface area (Å²) in [5.41, 5.74) is 0.0510. The van der Waals surface area contributed by atoms with Gasteiger partial charge in [0.1, 0.15) is 0 Å². The highest BCUT2D eigenvalue weighted by atomic mass is 16.3. The molecule has 1 heterocycles. The summed E-state index contributed by atoms with van der Waals surface area (Å²) in [6.45, 7) is 3.86. The van der Waals surface area contributed by atoms with Gasteiger partial charge in [0.15, 0.2) is 0 Å². The molecule has 16 heavy (non-hydrogen) atoms. The SMILES string of the molecule is CCC(CC)(CO)NC(=O)c1ccncc1. The molecule has 0 fully saturated rings. The molecule has 0 unspecified atom stereocenters. The summed E-state index contributed by atoms with van der Waals surface area (Å²) in [7, 11) is 0. The molecular weight excluding hydrogens is 204 g/mol. The number of nitrogens with one attached hydrogen (secondary N) is 1. The molecule has 0 spiro atoms. The van der Waals surface area contributed by atoms with E-state index in [-0.39, 0.29) is 12.5 Å². The summed E-state index contributed by atoms with van der Waals surface area (Å²) in [5.74, 6) is -0.167. The van der Waals surface area contributed by atoms with E-state index in [0.29, 0.717) is 18.4 Å². The lowest BCUT2D eigenvalue weighted by Gasteiger charge is -2.30. The van der Waals surface area contributed by atoms with Gasteiger partial charge in [-0.25, -0.2) is 0 Å². The maximum atomic E-state index is 11.9. The number of amides is 1. The van der Waals surface area contributed by atoms with Crippen molar-refractivity contribution in [3.63, 3.8) is 0 Å². The van der Waals surface area contributed by atoms with Gasteiger partial charge in [-0.1, -0.05) is 13.8 Å². The number of rotatable bonds is 5. The minimum atomic E-state index is -0.514. The van der Waals surface area contributed by atoms with Crippen LogP contribution in [-0.4, -0.2) is 28.1 Å². The molecular formula is C12H18N2O2. The van der Waals surface area contributed by atoms with E-state index in [2.05, 4.69) is 10.3 Å². The predicted molar refractivity (Wildman–Crippen MR) is 62.1 cm³/mol. The van der Waals surface area contributed by atoms with Gasteiger partial charge in [0.2, 0.25) is 0 Å². The van der Waals surface area contributed by atoms with E-state index in [1.165, 1.54) is 0 Å². The van der Waals surface area contributed by atoms with Gasteiger partial charge in [-0.15, -0.1) is 0 Å². The van der Waals surface area contributed by atoms with Crippen LogP contribution >= 0.6 is 0 Å². The minimum Gasteiger partial charge on any atom is -0.394 e. The molecule has 0 bridgehead atoms. The third kappa shape index (κ3) is 2.79. The molecule has 0 aromatic carbocycles. The number of carbonyl (C=O) groups is 1. The fourth-order valence-electron chi connectivity index (χ4n) is 1.51. The largest absolute Gasteiger partial charge is 0.394 e. The monoisotopic (exact) mass is 222 g/mol. The van der Waals surface area contributed by atoms with Crippen LogP contribution in [0.15, 0.2) is 24.5 Å². The maximum Gasteiger partial charge on any atom is 0.251 e. The second kappa shape index (κ2) is 5.61. The fraction of sp³-hybridized carbons (Fsp3) is 0.500. The average Bonchev–Trinajstić information content (AvgIpc) is 2.37. The van der Waals surface area contributed by atoms with Crippen LogP contribution in [0.4, 0.5) is 0 Å². The Morgan fingerprint density at radius 1 is 1.38 bits per heavy atom. The number of aromatic nitrogens is 1. The molecule has 0 aliphatic carbocycles. The van der Waals surface area contributed by atoms with E-state index in [1.807, 2.05) is 13.8 Å². The highest BCUT2D eigenvalue weighted by Crippen LogP contribution is 2.15. The third-order valence-electron chi connectivity index (χ3n) is 2.98. The molecule has 0 aliphatic heterocycles. The predicted octanol–water partition coefficient (Wildman–Crippen LogP) is 1.36. The number of hydrogen-bond donors (Lipinski definition) is 2. The van der Waals surface area contributed by atoms with Crippen molar-refractivity contribution >= 4 is 5.91 Å². The second-order valence-corrected chi connectivity index (χ2v) is 3.84. The molecule has 0 atom stereocenters. The van der Waals surface area contributed by atoms with Crippen LogP contribution in [0.2, 0.25) is 0 Å². The van der Waals surface area contributed by atoms with E-state index < -0.39 is 5.54 Å². The van der Waals surface area contributed by atoms with Crippen LogP contribution in [0.1, 0.15) is 37.0 Å². The van der Waals surface area contributed by atoms with Gasteiger partial charge in [0.25, 0.3) is 5.91 Å². The van der Waals surface area contributed by atoms with Gasteiger partial charge < -0.3 is 10.4 Å². The highest BCUT2D eigenvalue weighted by molar-refractivity contribution is 5.94. The summed E-state index contributed by atoms with van der Waals surface area (Å²) in [4.78, 5) is 15.7. The molecule has 1 aromatic rings. The first-order chi connectivity index (χ1) is 7.67. The molecule has 1 aromatic heterocycles. The zero-order valence-electron chi connectivity index (χ0n) is 9.73. The Bertz CT molecular complexity index is 326. The van der Waals surface area contributed by atoms with Crippen molar-refractivity contribution in [3.8, 4) is 0 Å². The van der Waals surface area contributed by atoms with Gasteiger partial charge in [-0.3, -0.25) is 9.78 Å². The van der Waals surface area contributed by atoms with Crippen LogP contribution in [0.25, 0.3) is 0 Å². The topological polar surface area (TPSA) is 62.2 Å². The van der Waals surface area contributed by atoms with E-state index in [1.54, 1.807) is 24.5 Å². The van der Waals surface area contributed by atoms with Crippen LogP contribution in [0.3, 0.4) is 0 Å². The Labute approximate surface area is 95.7 Å². The first kappa shape index (κ1) is 12.6. The number of nitrogens with zero attached hydrogens (tertiary/aromatic N) is 1. The summed E-state index contributed by atoms with van der Waals surface area (Å²) < 4.78 is 0.